The first-order valence-corrected chi connectivity index (χ1v) is 11.3. The maximum Gasteiger partial charge on any atom is 0.181 e. The molecule has 0 fully saturated rings. The van der Waals surface area contributed by atoms with E-state index in [0.717, 1.165) is 30.8 Å². The molecule has 0 aliphatic rings. The minimum absolute atomic E-state index is 0.617. The molecule has 0 saturated carbocycles. The van der Waals surface area contributed by atoms with Crippen molar-refractivity contribution in [2.75, 3.05) is 13.2 Å². The SMILES string of the molecule is CCCCCCCCCCOC(O)c1ccc(OCCCCCCC)cc1. The topological polar surface area (TPSA) is 38.7 Å². The van der Waals surface area contributed by atoms with Crippen LogP contribution >= 0.6 is 0 Å². The summed E-state index contributed by atoms with van der Waals surface area (Å²) < 4.78 is 11.3. The second-order valence-electron chi connectivity index (χ2n) is 7.53. The normalized spacial score (nSPS) is 12.3. The van der Waals surface area contributed by atoms with E-state index >= 15 is 0 Å². The second-order valence-corrected chi connectivity index (χ2v) is 7.53. The Balaban J connectivity index is 2.07. The number of hydrogen-bond donors (Lipinski definition) is 1. The monoisotopic (exact) mass is 378 g/mol. The van der Waals surface area contributed by atoms with Gasteiger partial charge in [-0.25, -0.2) is 0 Å². The second kappa shape index (κ2) is 17.1. The molecule has 1 unspecified atom stereocenters. The average Bonchev–Trinajstić information content (AvgIpc) is 2.69. The fourth-order valence-corrected chi connectivity index (χ4v) is 3.15. The van der Waals surface area contributed by atoms with Crippen LogP contribution in [-0.4, -0.2) is 18.3 Å². The third-order valence-corrected chi connectivity index (χ3v) is 4.96. The molecule has 1 N–H and O–H groups in total. The van der Waals surface area contributed by atoms with Crippen LogP contribution in [0.3, 0.4) is 0 Å². The number of unbranched alkanes of at least 4 members (excludes halogenated alkanes) is 11. The van der Waals surface area contributed by atoms with Gasteiger partial charge in [-0.1, -0.05) is 96.6 Å². The van der Waals surface area contributed by atoms with Crippen molar-refractivity contribution in [3.63, 3.8) is 0 Å². The Labute approximate surface area is 167 Å². The van der Waals surface area contributed by atoms with Gasteiger partial charge >= 0.3 is 0 Å². The first-order valence-electron chi connectivity index (χ1n) is 11.3. The molecule has 0 amide bonds. The number of ether oxygens (including phenoxy) is 2. The van der Waals surface area contributed by atoms with E-state index < -0.39 is 6.29 Å². The van der Waals surface area contributed by atoms with Crippen LogP contribution in [0.15, 0.2) is 24.3 Å². The lowest BCUT2D eigenvalue weighted by atomic mass is 10.1. The molecule has 1 rings (SSSR count). The van der Waals surface area contributed by atoms with Gasteiger partial charge in [-0.2, -0.15) is 0 Å². The summed E-state index contributed by atoms with van der Waals surface area (Å²) in [6.07, 6.45) is 15.6. The summed E-state index contributed by atoms with van der Waals surface area (Å²) in [5, 5.41) is 10.1. The van der Waals surface area contributed by atoms with Gasteiger partial charge in [0.1, 0.15) is 5.75 Å². The molecule has 1 aromatic rings. The summed E-state index contributed by atoms with van der Waals surface area (Å²) in [5.41, 5.74) is 0.796. The van der Waals surface area contributed by atoms with Crippen LogP contribution < -0.4 is 4.74 Å². The molecule has 0 aliphatic carbocycles. The molecule has 0 saturated heterocycles. The predicted octanol–water partition coefficient (Wildman–Crippen LogP) is 7.18. The van der Waals surface area contributed by atoms with E-state index in [2.05, 4.69) is 13.8 Å². The minimum atomic E-state index is -0.836. The summed E-state index contributed by atoms with van der Waals surface area (Å²) in [5.74, 6) is 0.865. The van der Waals surface area contributed by atoms with Gasteiger partial charge in [-0.15, -0.1) is 0 Å². The Hall–Kier alpha value is -1.06. The Morgan fingerprint density at radius 2 is 1.15 bits per heavy atom. The van der Waals surface area contributed by atoms with Gasteiger partial charge < -0.3 is 14.6 Å². The lowest BCUT2D eigenvalue weighted by Gasteiger charge is -2.13. The van der Waals surface area contributed by atoms with Crippen molar-refractivity contribution in [3.05, 3.63) is 29.8 Å². The van der Waals surface area contributed by atoms with Crippen LogP contribution in [0.25, 0.3) is 0 Å². The van der Waals surface area contributed by atoms with E-state index in [-0.39, 0.29) is 0 Å². The molecular formula is C24H42O3. The van der Waals surface area contributed by atoms with Crippen molar-refractivity contribution in [2.24, 2.45) is 0 Å². The quantitative estimate of drug-likeness (QED) is 0.217. The van der Waals surface area contributed by atoms with Crippen molar-refractivity contribution in [1.82, 2.24) is 0 Å². The molecule has 1 atom stereocenters. The van der Waals surface area contributed by atoms with Crippen molar-refractivity contribution >= 4 is 0 Å². The molecule has 0 aromatic heterocycles. The predicted molar refractivity (Wildman–Crippen MR) is 114 cm³/mol. The van der Waals surface area contributed by atoms with Crippen molar-refractivity contribution < 1.29 is 14.6 Å². The van der Waals surface area contributed by atoms with E-state index in [4.69, 9.17) is 9.47 Å². The van der Waals surface area contributed by atoms with E-state index in [1.807, 2.05) is 24.3 Å². The maximum atomic E-state index is 10.1. The van der Waals surface area contributed by atoms with Crippen LogP contribution in [-0.2, 0) is 4.74 Å². The maximum absolute atomic E-state index is 10.1. The standard InChI is InChI=1S/C24H42O3/c1-3-5-7-9-10-11-13-15-21-27-24(25)22-16-18-23(19-17-22)26-20-14-12-8-6-4-2/h16-19,24-25H,3-15,20-21H2,1-2H3. The summed E-state index contributed by atoms with van der Waals surface area (Å²) in [6, 6.07) is 7.63. The highest BCUT2D eigenvalue weighted by molar-refractivity contribution is 5.27. The lowest BCUT2D eigenvalue weighted by Crippen LogP contribution is -2.05. The van der Waals surface area contributed by atoms with Crippen molar-refractivity contribution in [3.8, 4) is 5.75 Å². The fourth-order valence-electron chi connectivity index (χ4n) is 3.15. The highest BCUT2D eigenvalue weighted by Crippen LogP contribution is 2.20. The first kappa shape index (κ1) is 24.0. The van der Waals surface area contributed by atoms with Gasteiger partial charge in [0.2, 0.25) is 0 Å². The number of aliphatic hydroxyl groups is 1. The van der Waals surface area contributed by atoms with Crippen LogP contribution in [0.5, 0.6) is 5.75 Å². The number of aliphatic hydroxyl groups excluding tert-OH is 1. The fraction of sp³-hybridized carbons (Fsp3) is 0.750. The Bertz CT molecular complexity index is 430. The molecule has 0 bridgehead atoms. The molecule has 0 heterocycles. The zero-order chi connectivity index (χ0) is 19.6. The zero-order valence-corrected chi connectivity index (χ0v) is 17.8. The molecule has 156 valence electrons. The smallest absolute Gasteiger partial charge is 0.181 e. The van der Waals surface area contributed by atoms with E-state index in [9.17, 15) is 5.11 Å². The summed E-state index contributed by atoms with van der Waals surface area (Å²) in [6.45, 7) is 5.86. The van der Waals surface area contributed by atoms with E-state index in [1.165, 1.54) is 70.6 Å². The van der Waals surface area contributed by atoms with Crippen LogP contribution in [0.1, 0.15) is 109 Å². The summed E-state index contributed by atoms with van der Waals surface area (Å²) >= 11 is 0. The number of rotatable bonds is 18. The third kappa shape index (κ3) is 12.9. The minimum Gasteiger partial charge on any atom is -0.494 e. The van der Waals surface area contributed by atoms with Crippen LogP contribution in [0, 0.1) is 0 Å². The molecule has 0 spiro atoms. The largest absolute Gasteiger partial charge is 0.494 e. The number of hydrogen-bond acceptors (Lipinski definition) is 3. The lowest BCUT2D eigenvalue weighted by molar-refractivity contribution is -0.103. The highest BCUT2D eigenvalue weighted by Gasteiger charge is 2.07. The summed E-state index contributed by atoms with van der Waals surface area (Å²) in [7, 11) is 0. The zero-order valence-electron chi connectivity index (χ0n) is 17.8. The summed E-state index contributed by atoms with van der Waals surface area (Å²) in [4.78, 5) is 0. The van der Waals surface area contributed by atoms with Gasteiger partial charge in [0.15, 0.2) is 6.29 Å². The third-order valence-electron chi connectivity index (χ3n) is 4.96. The van der Waals surface area contributed by atoms with Gasteiger partial charge in [0.05, 0.1) is 13.2 Å². The molecule has 3 nitrogen and oxygen atoms in total. The van der Waals surface area contributed by atoms with Crippen molar-refractivity contribution in [2.45, 2.75) is 104 Å². The molecule has 27 heavy (non-hydrogen) atoms. The van der Waals surface area contributed by atoms with Crippen molar-refractivity contribution in [1.29, 1.82) is 0 Å². The van der Waals surface area contributed by atoms with Gasteiger partial charge in [0.25, 0.3) is 0 Å². The van der Waals surface area contributed by atoms with Gasteiger partial charge in [-0.05, 0) is 25.0 Å². The molecular weight excluding hydrogens is 336 g/mol. The van der Waals surface area contributed by atoms with Gasteiger partial charge in [-0.3, -0.25) is 0 Å². The van der Waals surface area contributed by atoms with Crippen LogP contribution in [0.4, 0.5) is 0 Å². The van der Waals surface area contributed by atoms with Gasteiger partial charge in [0, 0.05) is 5.56 Å². The van der Waals surface area contributed by atoms with Crippen LogP contribution in [0.2, 0.25) is 0 Å². The Morgan fingerprint density at radius 3 is 1.70 bits per heavy atom. The Kier molecular flexibility index (Phi) is 15.2. The van der Waals surface area contributed by atoms with E-state index in [0.29, 0.717) is 6.61 Å². The number of benzene rings is 1. The molecule has 0 aliphatic heterocycles. The highest BCUT2D eigenvalue weighted by atomic mass is 16.6. The molecule has 1 aromatic carbocycles. The van der Waals surface area contributed by atoms with E-state index in [1.54, 1.807) is 0 Å². The first-order chi connectivity index (χ1) is 13.3. The average molecular weight is 379 g/mol. The molecule has 3 heteroatoms. The Morgan fingerprint density at radius 1 is 0.667 bits per heavy atom. The molecule has 0 radical (unpaired) electrons.